The lowest BCUT2D eigenvalue weighted by Gasteiger charge is -2.05. The van der Waals surface area contributed by atoms with E-state index in [9.17, 15) is 0 Å². The molecule has 9 heteroatoms. The lowest BCUT2D eigenvalue weighted by molar-refractivity contribution is 0.512. The number of hydrogen-bond acceptors (Lipinski definition) is 7. The number of halogens is 1. The maximum atomic E-state index is 5.86. The molecule has 1 N–H and O–H groups in total. The van der Waals surface area contributed by atoms with Crippen LogP contribution in [0.25, 0.3) is 5.95 Å². The molecule has 0 atom stereocenters. The van der Waals surface area contributed by atoms with Crippen molar-refractivity contribution in [1.29, 1.82) is 0 Å². The van der Waals surface area contributed by atoms with Crippen molar-refractivity contribution >= 4 is 17.5 Å². The van der Waals surface area contributed by atoms with E-state index >= 15 is 0 Å². The molecule has 102 valence electrons. The van der Waals surface area contributed by atoms with Gasteiger partial charge in [-0.2, -0.15) is 24.7 Å². The number of nitrogens with one attached hydrogen (secondary N) is 1. The van der Waals surface area contributed by atoms with E-state index < -0.39 is 0 Å². The van der Waals surface area contributed by atoms with Gasteiger partial charge in [-0.3, -0.25) is 0 Å². The van der Waals surface area contributed by atoms with Crippen molar-refractivity contribution in [3.8, 4) is 5.95 Å². The third-order valence-electron chi connectivity index (χ3n) is 2.45. The largest absolute Gasteiger partial charge is 0.469 e. The second-order valence-electron chi connectivity index (χ2n) is 3.82. The van der Waals surface area contributed by atoms with Crippen LogP contribution in [0.2, 0.25) is 5.28 Å². The molecule has 0 unspecified atom stereocenters. The number of rotatable bonds is 5. The summed E-state index contributed by atoms with van der Waals surface area (Å²) in [4.78, 5) is 16.0. The van der Waals surface area contributed by atoms with Gasteiger partial charge in [0.2, 0.25) is 11.2 Å². The van der Waals surface area contributed by atoms with Crippen LogP contribution < -0.4 is 5.32 Å². The molecule has 8 nitrogen and oxygen atoms in total. The first kappa shape index (κ1) is 12.5. The number of aromatic nitrogens is 6. The molecule has 3 rings (SSSR count). The van der Waals surface area contributed by atoms with Crippen LogP contribution in [-0.2, 0) is 6.42 Å². The van der Waals surface area contributed by atoms with Gasteiger partial charge in [0.25, 0.3) is 5.95 Å². The highest BCUT2D eigenvalue weighted by atomic mass is 35.5. The first-order chi connectivity index (χ1) is 9.81. The first-order valence-corrected chi connectivity index (χ1v) is 6.22. The van der Waals surface area contributed by atoms with Crippen LogP contribution in [0.15, 0.2) is 35.5 Å². The summed E-state index contributed by atoms with van der Waals surface area (Å²) in [6, 6.07) is 3.75. The molecule has 3 heterocycles. The van der Waals surface area contributed by atoms with Crippen molar-refractivity contribution in [2.75, 3.05) is 11.9 Å². The van der Waals surface area contributed by atoms with E-state index in [2.05, 4.69) is 30.4 Å². The predicted molar refractivity (Wildman–Crippen MR) is 70.7 cm³/mol. The van der Waals surface area contributed by atoms with Crippen molar-refractivity contribution in [3.63, 3.8) is 0 Å². The topological polar surface area (TPSA) is 94.6 Å². The van der Waals surface area contributed by atoms with Gasteiger partial charge in [-0.15, -0.1) is 0 Å². The van der Waals surface area contributed by atoms with Crippen LogP contribution in [0.5, 0.6) is 0 Å². The van der Waals surface area contributed by atoms with E-state index in [1.165, 1.54) is 17.3 Å². The summed E-state index contributed by atoms with van der Waals surface area (Å²) < 4.78 is 6.64. The third-order valence-corrected chi connectivity index (χ3v) is 2.62. The molecule has 0 aliphatic rings. The number of hydrogen-bond donors (Lipinski definition) is 1. The number of furan rings is 1. The van der Waals surface area contributed by atoms with E-state index in [1.807, 2.05) is 12.1 Å². The Morgan fingerprint density at radius 2 is 2.25 bits per heavy atom. The van der Waals surface area contributed by atoms with Crippen LogP contribution in [-0.4, -0.2) is 36.3 Å². The highest BCUT2D eigenvalue weighted by Crippen LogP contribution is 2.09. The van der Waals surface area contributed by atoms with Gasteiger partial charge in [0.05, 0.1) is 6.26 Å². The van der Waals surface area contributed by atoms with E-state index in [1.54, 1.807) is 6.26 Å². The fourth-order valence-corrected chi connectivity index (χ4v) is 1.74. The second kappa shape index (κ2) is 5.66. The minimum Gasteiger partial charge on any atom is -0.469 e. The summed E-state index contributed by atoms with van der Waals surface area (Å²) in [5, 5.41) is 7.09. The quantitative estimate of drug-likeness (QED) is 0.758. The number of anilines is 1. The number of nitrogens with zero attached hydrogens (tertiary/aromatic N) is 6. The Morgan fingerprint density at radius 3 is 3.00 bits per heavy atom. The Kier molecular flexibility index (Phi) is 3.55. The van der Waals surface area contributed by atoms with E-state index in [0.717, 1.165) is 12.2 Å². The molecule has 0 aliphatic heterocycles. The Morgan fingerprint density at radius 1 is 1.30 bits per heavy atom. The lowest BCUT2D eigenvalue weighted by atomic mass is 10.3. The lowest BCUT2D eigenvalue weighted by Crippen LogP contribution is -2.11. The summed E-state index contributed by atoms with van der Waals surface area (Å²) >= 11 is 5.86. The van der Waals surface area contributed by atoms with Crippen molar-refractivity contribution < 1.29 is 4.42 Å². The Hall–Kier alpha value is -2.48. The van der Waals surface area contributed by atoms with Gasteiger partial charge >= 0.3 is 0 Å². The third kappa shape index (κ3) is 2.91. The Balaban J connectivity index is 1.70. The summed E-state index contributed by atoms with van der Waals surface area (Å²) in [6.45, 7) is 0.616. The van der Waals surface area contributed by atoms with Gasteiger partial charge in [0.1, 0.15) is 18.4 Å². The van der Waals surface area contributed by atoms with E-state index in [4.69, 9.17) is 16.0 Å². The molecule has 3 aromatic heterocycles. The smallest absolute Gasteiger partial charge is 0.258 e. The van der Waals surface area contributed by atoms with Gasteiger partial charge in [0, 0.05) is 13.0 Å². The predicted octanol–water partition coefficient (Wildman–Crippen LogP) is 1.35. The highest BCUT2D eigenvalue weighted by Gasteiger charge is 2.07. The van der Waals surface area contributed by atoms with Crippen LogP contribution in [0.1, 0.15) is 5.76 Å². The average molecular weight is 292 g/mol. The SMILES string of the molecule is Clc1nc(NCCc2ccco2)nc(-n2cncn2)n1. The molecular weight excluding hydrogens is 282 g/mol. The molecule has 0 fully saturated rings. The van der Waals surface area contributed by atoms with Crippen molar-refractivity contribution in [2.45, 2.75) is 6.42 Å². The molecule has 0 aromatic carbocycles. The Labute approximate surface area is 118 Å². The van der Waals surface area contributed by atoms with E-state index in [0.29, 0.717) is 18.4 Å². The van der Waals surface area contributed by atoms with Crippen molar-refractivity contribution in [3.05, 3.63) is 42.1 Å². The van der Waals surface area contributed by atoms with Gasteiger partial charge in [-0.1, -0.05) is 0 Å². The molecule has 0 spiro atoms. The minimum atomic E-state index is 0.0889. The normalized spacial score (nSPS) is 10.7. The summed E-state index contributed by atoms with van der Waals surface area (Å²) in [5.74, 6) is 1.57. The minimum absolute atomic E-state index is 0.0889. The van der Waals surface area contributed by atoms with Crippen LogP contribution in [0.4, 0.5) is 5.95 Å². The molecular formula is C11H10ClN7O. The van der Waals surface area contributed by atoms with E-state index in [-0.39, 0.29) is 5.28 Å². The molecule has 20 heavy (non-hydrogen) atoms. The maximum Gasteiger partial charge on any atom is 0.258 e. The molecule has 0 saturated heterocycles. The molecule has 0 saturated carbocycles. The molecule has 3 aromatic rings. The molecule has 0 radical (unpaired) electrons. The summed E-state index contributed by atoms with van der Waals surface area (Å²) in [5.41, 5.74) is 0. The monoisotopic (exact) mass is 291 g/mol. The summed E-state index contributed by atoms with van der Waals surface area (Å²) in [7, 11) is 0. The average Bonchev–Trinajstić information content (AvgIpc) is 3.11. The van der Waals surface area contributed by atoms with Gasteiger partial charge in [0.15, 0.2) is 0 Å². The van der Waals surface area contributed by atoms with Crippen molar-refractivity contribution in [1.82, 2.24) is 29.7 Å². The second-order valence-corrected chi connectivity index (χ2v) is 4.16. The zero-order valence-corrected chi connectivity index (χ0v) is 11.0. The summed E-state index contributed by atoms with van der Waals surface area (Å²) in [6.07, 6.45) is 5.23. The zero-order chi connectivity index (χ0) is 13.8. The molecule has 0 amide bonds. The van der Waals surface area contributed by atoms with Crippen LogP contribution in [0, 0.1) is 0 Å². The van der Waals surface area contributed by atoms with Gasteiger partial charge in [-0.05, 0) is 23.7 Å². The Bertz CT molecular complexity index is 668. The fraction of sp³-hybridized carbons (Fsp3) is 0.182. The first-order valence-electron chi connectivity index (χ1n) is 5.84. The zero-order valence-electron chi connectivity index (χ0n) is 10.3. The highest BCUT2D eigenvalue weighted by molar-refractivity contribution is 6.28. The van der Waals surface area contributed by atoms with Gasteiger partial charge < -0.3 is 9.73 Å². The van der Waals surface area contributed by atoms with Crippen LogP contribution in [0.3, 0.4) is 0 Å². The fourth-order valence-electron chi connectivity index (χ4n) is 1.58. The maximum absolute atomic E-state index is 5.86. The standard InChI is InChI=1S/C11H10ClN7O/c12-9-16-10(14-4-3-8-2-1-5-20-8)18-11(17-9)19-7-13-6-15-19/h1-2,5-7H,3-4H2,(H,14,16,17,18). The van der Waals surface area contributed by atoms with Crippen molar-refractivity contribution in [2.24, 2.45) is 0 Å². The van der Waals surface area contributed by atoms with Gasteiger partial charge in [-0.25, -0.2) is 4.98 Å². The molecule has 0 aliphatic carbocycles. The molecule has 0 bridgehead atoms. The van der Waals surface area contributed by atoms with Crippen LogP contribution >= 0.6 is 11.6 Å².